The molecule has 2 aromatic heterocycles. The van der Waals surface area contributed by atoms with Crippen molar-refractivity contribution in [3.05, 3.63) is 52.9 Å². The Morgan fingerprint density at radius 2 is 2.07 bits per heavy atom. The van der Waals surface area contributed by atoms with E-state index in [4.69, 9.17) is 21.5 Å². The van der Waals surface area contributed by atoms with Crippen molar-refractivity contribution in [1.82, 2.24) is 15.0 Å². The van der Waals surface area contributed by atoms with Crippen molar-refractivity contribution >= 4 is 39.8 Å². The molecule has 0 saturated carbocycles. The molecule has 0 fully saturated rings. The first-order valence-corrected chi connectivity index (χ1v) is 9.39. The normalized spacial score (nSPS) is 10.4. The van der Waals surface area contributed by atoms with Gasteiger partial charge in [-0.2, -0.15) is 0 Å². The summed E-state index contributed by atoms with van der Waals surface area (Å²) in [6, 6.07) is 7.46. The first-order valence-electron chi connectivity index (χ1n) is 9.01. The summed E-state index contributed by atoms with van der Waals surface area (Å²) in [5.74, 6) is -0.442. The highest BCUT2D eigenvalue weighted by Gasteiger charge is 2.22. The molecule has 0 unspecified atom stereocenters. The second-order valence-electron chi connectivity index (χ2n) is 5.79. The number of hydrogen-bond acceptors (Lipinski definition) is 5. The first kappa shape index (κ1) is 21.7. The number of halogens is 1. The van der Waals surface area contributed by atoms with Crippen LogP contribution in [0.1, 0.15) is 29.9 Å². The first-order chi connectivity index (χ1) is 13.5. The second kappa shape index (κ2) is 10.1. The Hall–Kier alpha value is -2.61. The van der Waals surface area contributed by atoms with E-state index in [1.807, 2.05) is 45.0 Å². The lowest BCUT2D eigenvalue weighted by atomic mass is 10.2. The summed E-state index contributed by atoms with van der Waals surface area (Å²) in [7, 11) is 1.78. The topological polar surface area (TPSA) is 88.4 Å². The zero-order valence-corrected chi connectivity index (χ0v) is 17.2. The lowest BCUT2D eigenvalue weighted by Crippen LogP contribution is -2.27. The molecule has 150 valence electrons. The molecule has 0 spiro atoms. The van der Waals surface area contributed by atoms with Gasteiger partial charge in [0.25, 0.3) is 5.91 Å². The van der Waals surface area contributed by atoms with Crippen molar-refractivity contribution < 1.29 is 14.7 Å². The summed E-state index contributed by atoms with van der Waals surface area (Å²) in [6.07, 6.45) is 3.35. The van der Waals surface area contributed by atoms with E-state index < -0.39 is 5.91 Å². The number of fused-ring (bicyclic) bond motifs is 1. The van der Waals surface area contributed by atoms with Gasteiger partial charge >= 0.3 is 0 Å². The van der Waals surface area contributed by atoms with Crippen LogP contribution < -0.4 is 10.8 Å². The van der Waals surface area contributed by atoms with Gasteiger partial charge in [0.2, 0.25) is 0 Å². The Bertz CT molecular complexity index is 956. The van der Waals surface area contributed by atoms with E-state index in [1.54, 1.807) is 24.0 Å². The van der Waals surface area contributed by atoms with E-state index in [-0.39, 0.29) is 13.2 Å². The summed E-state index contributed by atoms with van der Waals surface area (Å²) in [5, 5.41) is 13.4. The van der Waals surface area contributed by atoms with Gasteiger partial charge in [0, 0.05) is 24.8 Å². The third-order valence-corrected chi connectivity index (χ3v) is 4.27. The van der Waals surface area contributed by atoms with Gasteiger partial charge in [0.15, 0.2) is 0 Å². The molecule has 1 aromatic carbocycles. The van der Waals surface area contributed by atoms with Gasteiger partial charge in [-0.05, 0) is 30.7 Å². The summed E-state index contributed by atoms with van der Waals surface area (Å²) in [6.45, 7) is 5.77. The fourth-order valence-electron chi connectivity index (χ4n) is 2.75. The lowest BCUT2D eigenvalue weighted by Gasteiger charge is -2.12. The average Bonchev–Trinajstić information content (AvgIpc) is 2.98. The Labute approximate surface area is 169 Å². The molecule has 0 radical (unpaired) electrons. The number of aryl methyl sites for hydroxylation is 2. The van der Waals surface area contributed by atoms with Gasteiger partial charge in [0.05, 0.1) is 35.1 Å². The average molecular weight is 405 g/mol. The number of aliphatic hydroxyl groups is 1. The number of nitrogens with zero attached hydrogens (tertiary/aromatic N) is 2. The van der Waals surface area contributed by atoms with Crippen LogP contribution in [0.15, 0.2) is 36.7 Å². The van der Waals surface area contributed by atoms with Gasteiger partial charge in [-0.1, -0.05) is 31.5 Å². The van der Waals surface area contributed by atoms with Gasteiger partial charge < -0.3 is 15.0 Å². The van der Waals surface area contributed by atoms with Crippen LogP contribution in [0.2, 0.25) is 5.02 Å². The molecular formula is C20H25ClN4O3. The number of pyridine rings is 1. The summed E-state index contributed by atoms with van der Waals surface area (Å²) in [4.78, 5) is 21.7. The fraction of sp³-hybridized carbons (Fsp3) is 0.300. The maximum atomic E-state index is 12.6. The predicted octanol–water partition coefficient (Wildman–Crippen LogP) is 3.96. The number of carbonyl (C=O) groups excluding carboxylic acids is 1. The van der Waals surface area contributed by atoms with Gasteiger partial charge in [0.1, 0.15) is 5.69 Å². The molecule has 0 aliphatic rings. The number of nitrogens with one attached hydrogen (secondary N) is 2. The van der Waals surface area contributed by atoms with E-state index >= 15 is 0 Å². The van der Waals surface area contributed by atoms with Crippen molar-refractivity contribution in [1.29, 1.82) is 0 Å². The zero-order valence-electron chi connectivity index (χ0n) is 16.4. The van der Waals surface area contributed by atoms with Crippen molar-refractivity contribution in [2.45, 2.75) is 20.8 Å². The molecule has 28 heavy (non-hydrogen) atoms. The molecule has 0 saturated heterocycles. The standard InChI is InChI=1S/C18H19ClN4O3.C2H6/c1-11-3-4-14(13(19)9-11)21-16-12-10-20-6-5-15(12)23(2)17(16)18(25)22-26-8-7-24;1-2/h3-6,9-10,21,24H,7-8H2,1-2H3,(H,22,25);1-2H3. The minimum atomic E-state index is -0.442. The van der Waals surface area contributed by atoms with Gasteiger partial charge in [-0.25, -0.2) is 5.48 Å². The van der Waals surface area contributed by atoms with Crippen LogP contribution in [0.4, 0.5) is 11.4 Å². The highest BCUT2D eigenvalue weighted by atomic mass is 35.5. The molecule has 3 rings (SSSR count). The number of aromatic nitrogens is 2. The Morgan fingerprint density at radius 1 is 1.32 bits per heavy atom. The Balaban J connectivity index is 0.00000136. The van der Waals surface area contributed by atoms with Crippen LogP contribution in [0.5, 0.6) is 0 Å². The van der Waals surface area contributed by atoms with E-state index in [2.05, 4.69) is 15.8 Å². The molecule has 3 N–H and O–H groups in total. The van der Waals surface area contributed by atoms with Crippen LogP contribution in [0.25, 0.3) is 10.9 Å². The summed E-state index contributed by atoms with van der Waals surface area (Å²) in [5.41, 5.74) is 5.83. The van der Waals surface area contributed by atoms with E-state index in [9.17, 15) is 4.79 Å². The van der Waals surface area contributed by atoms with Crippen LogP contribution in [0.3, 0.4) is 0 Å². The molecule has 8 heteroatoms. The van der Waals surface area contributed by atoms with Crippen molar-refractivity contribution in [3.8, 4) is 0 Å². The highest BCUT2D eigenvalue weighted by Crippen LogP contribution is 2.34. The van der Waals surface area contributed by atoms with Crippen molar-refractivity contribution in [2.24, 2.45) is 7.05 Å². The number of hydroxylamine groups is 1. The monoisotopic (exact) mass is 404 g/mol. The molecule has 0 bridgehead atoms. The van der Waals surface area contributed by atoms with Gasteiger partial charge in [-0.3, -0.25) is 14.6 Å². The molecular weight excluding hydrogens is 380 g/mol. The summed E-state index contributed by atoms with van der Waals surface area (Å²) >= 11 is 6.33. The molecule has 3 aromatic rings. The molecule has 2 heterocycles. The SMILES string of the molecule is CC.Cc1ccc(Nc2c(C(=O)NOCCO)n(C)c3ccncc23)c(Cl)c1. The quantitative estimate of drug-likeness (QED) is 0.427. The number of carbonyl (C=O) groups is 1. The number of rotatable bonds is 6. The van der Waals surface area contributed by atoms with Crippen LogP contribution in [-0.4, -0.2) is 33.8 Å². The smallest absolute Gasteiger partial charge is 0.293 e. The predicted molar refractivity (Wildman–Crippen MR) is 112 cm³/mol. The number of aliphatic hydroxyl groups excluding tert-OH is 1. The van der Waals surface area contributed by atoms with E-state index in [0.717, 1.165) is 16.5 Å². The van der Waals surface area contributed by atoms with Crippen molar-refractivity contribution in [3.63, 3.8) is 0 Å². The van der Waals surface area contributed by atoms with Crippen molar-refractivity contribution in [2.75, 3.05) is 18.5 Å². The third kappa shape index (κ3) is 4.62. The zero-order chi connectivity index (χ0) is 20.7. The number of anilines is 2. The summed E-state index contributed by atoms with van der Waals surface area (Å²) < 4.78 is 1.75. The van der Waals surface area contributed by atoms with Gasteiger partial charge in [-0.15, -0.1) is 0 Å². The Kier molecular flexibility index (Phi) is 7.80. The maximum Gasteiger partial charge on any atom is 0.293 e. The molecule has 7 nitrogen and oxygen atoms in total. The minimum Gasteiger partial charge on any atom is -0.394 e. The number of amides is 1. The van der Waals surface area contributed by atoms with E-state index in [0.29, 0.717) is 22.1 Å². The third-order valence-electron chi connectivity index (χ3n) is 3.96. The number of benzene rings is 1. The van der Waals surface area contributed by atoms with Crippen LogP contribution in [0, 0.1) is 6.92 Å². The lowest BCUT2D eigenvalue weighted by molar-refractivity contribution is 0.0163. The Morgan fingerprint density at radius 3 is 2.75 bits per heavy atom. The highest BCUT2D eigenvalue weighted by molar-refractivity contribution is 6.33. The molecule has 1 amide bonds. The molecule has 0 aliphatic carbocycles. The largest absolute Gasteiger partial charge is 0.394 e. The van der Waals surface area contributed by atoms with Crippen LogP contribution in [-0.2, 0) is 11.9 Å². The molecule has 0 aliphatic heterocycles. The number of hydrogen-bond donors (Lipinski definition) is 3. The minimum absolute atomic E-state index is 0.00376. The fourth-order valence-corrected chi connectivity index (χ4v) is 3.03. The second-order valence-corrected chi connectivity index (χ2v) is 6.19. The van der Waals surface area contributed by atoms with E-state index in [1.165, 1.54) is 0 Å². The molecule has 0 atom stereocenters. The maximum absolute atomic E-state index is 12.6. The van der Waals surface area contributed by atoms with Crippen LogP contribution >= 0.6 is 11.6 Å².